The Morgan fingerprint density at radius 1 is 1.09 bits per heavy atom. The summed E-state index contributed by atoms with van der Waals surface area (Å²) in [5.74, 6) is 5.55. The van der Waals surface area contributed by atoms with E-state index in [1.165, 1.54) is 5.01 Å². The first kappa shape index (κ1) is 24.1. The number of hydrogen-bond donors (Lipinski definition) is 5. The molecule has 3 aromatic carbocycles. The van der Waals surface area contributed by atoms with Crippen molar-refractivity contribution in [1.29, 1.82) is 0 Å². The fourth-order valence-corrected chi connectivity index (χ4v) is 3.46. The molecule has 0 heterocycles. The molecule has 0 fully saturated rings. The van der Waals surface area contributed by atoms with Gasteiger partial charge in [0.2, 0.25) is 5.91 Å². The van der Waals surface area contributed by atoms with Crippen molar-refractivity contribution in [2.45, 2.75) is 25.2 Å². The van der Waals surface area contributed by atoms with Crippen molar-refractivity contribution in [2.24, 2.45) is 11.6 Å². The molecule has 0 aromatic heterocycles. The topological polar surface area (TPSA) is 134 Å². The SMILES string of the molecule is COc1ccc(N(N)/C=C(\N)CCC(=O)NC(Cc2ccc3ccccc3c2)B(O)O)cc1. The minimum Gasteiger partial charge on any atom is -0.497 e. The lowest BCUT2D eigenvalue weighted by Crippen LogP contribution is -2.47. The molecular formula is C24H29BN4O4. The number of nitrogens with two attached hydrogens (primary N) is 2. The lowest BCUT2D eigenvalue weighted by Gasteiger charge is -2.19. The van der Waals surface area contributed by atoms with Gasteiger partial charge in [0.1, 0.15) is 5.75 Å². The van der Waals surface area contributed by atoms with E-state index in [1.54, 1.807) is 37.6 Å². The van der Waals surface area contributed by atoms with Crippen LogP contribution in [0.5, 0.6) is 5.75 Å². The van der Waals surface area contributed by atoms with Crippen molar-refractivity contribution in [3.05, 3.63) is 84.2 Å². The van der Waals surface area contributed by atoms with Crippen molar-refractivity contribution in [3.63, 3.8) is 0 Å². The average molecular weight is 448 g/mol. The third-order valence-electron chi connectivity index (χ3n) is 5.29. The van der Waals surface area contributed by atoms with E-state index in [4.69, 9.17) is 16.3 Å². The lowest BCUT2D eigenvalue weighted by molar-refractivity contribution is -0.121. The molecule has 0 aliphatic rings. The lowest BCUT2D eigenvalue weighted by atomic mass is 9.75. The smallest absolute Gasteiger partial charge is 0.475 e. The van der Waals surface area contributed by atoms with Crippen LogP contribution < -0.4 is 26.6 Å². The molecule has 33 heavy (non-hydrogen) atoms. The van der Waals surface area contributed by atoms with Crippen molar-refractivity contribution in [3.8, 4) is 5.75 Å². The van der Waals surface area contributed by atoms with Crippen LogP contribution in [0.4, 0.5) is 5.69 Å². The average Bonchev–Trinajstić information content (AvgIpc) is 2.82. The Bertz CT molecular complexity index is 1110. The van der Waals surface area contributed by atoms with E-state index in [2.05, 4.69) is 5.32 Å². The number of hydrazine groups is 1. The number of nitrogens with one attached hydrogen (secondary N) is 1. The summed E-state index contributed by atoms with van der Waals surface area (Å²) in [5, 5.41) is 25.7. The van der Waals surface area contributed by atoms with Gasteiger partial charge in [0.05, 0.1) is 18.7 Å². The molecule has 1 amide bonds. The summed E-state index contributed by atoms with van der Waals surface area (Å²) in [7, 11) is -0.108. The molecule has 0 spiro atoms. The number of hydrogen-bond acceptors (Lipinski definition) is 7. The van der Waals surface area contributed by atoms with Crippen LogP contribution >= 0.6 is 0 Å². The monoisotopic (exact) mass is 448 g/mol. The number of carbonyl (C=O) groups is 1. The highest BCUT2D eigenvalue weighted by Crippen LogP contribution is 2.19. The van der Waals surface area contributed by atoms with Crippen LogP contribution in [0.2, 0.25) is 0 Å². The number of rotatable bonds is 10. The maximum Gasteiger partial charge on any atom is 0.475 e. The van der Waals surface area contributed by atoms with Gasteiger partial charge in [0.15, 0.2) is 0 Å². The fourth-order valence-electron chi connectivity index (χ4n) is 3.46. The number of methoxy groups -OCH3 is 1. The van der Waals surface area contributed by atoms with Crippen molar-refractivity contribution in [1.82, 2.24) is 5.32 Å². The minimum absolute atomic E-state index is 0.0831. The molecule has 3 rings (SSSR count). The van der Waals surface area contributed by atoms with Crippen LogP contribution in [0, 0.1) is 0 Å². The maximum atomic E-state index is 12.4. The van der Waals surface area contributed by atoms with E-state index in [1.807, 2.05) is 42.5 Å². The Morgan fingerprint density at radius 3 is 2.45 bits per heavy atom. The highest BCUT2D eigenvalue weighted by atomic mass is 16.5. The molecule has 0 bridgehead atoms. The minimum atomic E-state index is -1.69. The molecule has 8 nitrogen and oxygen atoms in total. The number of carbonyl (C=O) groups excluding carboxylic acids is 1. The van der Waals surface area contributed by atoms with Crippen LogP contribution in [0.15, 0.2) is 78.6 Å². The molecule has 0 aliphatic carbocycles. The second-order valence-corrected chi connectivity index (χ2v) is 7.78. The summed E-state index contributed by atoms with van der Waals surface area (Å²) in [6.07, 6.45) is 2.18. The van der Waals surface area contributed by atoms with E-state index >= 15 is 0 Å². The van der Waals surface area contributed by atoms with Gasteiger partial charge in [-0.3, -0.25) is 9.80 Å². The number of amides is 1. The quantitative estimate of drug-likeness (QED) is 0.182. The van der Waals surface area contributed by atoms with Crippen LogP contribution in [-0.4, -0.2) is 36.1 Å². The van der Waals surface area contributed by atoms with Gasteiger partial charge in [0.25, 0.3) is 0 Å². The predicted octanol–water partition coefficient (Wildman–Crippen LogP) is 1.85. The van der Waals surface area contributed by atoms with Crippen LogP contribution in [0.25, 0.3) is 10.8 Å². The largest absolute Gasteiger partial charge is 0.497 e. The number of nitrogens with zero attached hydrogens (tertiary/aromatic N) is 1. The van der Waals surface area contributed by atoms with Gasteiger partial charge >= 0.3 is 7.12 Å². The molecule has 1 atom stereocenters. The number of fused-ring (bicyclic) bond motifs is 1. The van der Waals surface area contributed by atoms with Crippen LogP contribution in [-0.2, 0) is 11.2 Å². The van der Waals surface area contributed by atoms with Crippen molar-refractivity contribution in [2.75, 3.05) is 12.1 Å². The Labute approximate surface area is 193 Å². The highest BCUT2D eigenvalue weighted by Gasteiger charge is 2.25. The third-order valence-corrected chi connectivity index (χ3v) is 5.29. The van der Waals surface area contributed by atoms with Crippen LogP contribution in [0.1, 0.15) is 18.4 Å². The Kier molecular flexibility index (Phi) is 8.31. The van der Waals surface area contributed by atoms with E-state index in [0.29, 0.717) is 17.1 Å². The standard InChI is InChI=1S/C24H29BN4O4/c1-33-22-11-9-21(10-12-22)29(27)16-20(26)8-13-24(30)28-23(25(31)32)15-17-6-7-18-4-2-3-5-19(18)14-17/h2-7,9-12,14,16,23,31-32H,8,13,15,26-27H2,1H3,(H,28,30)/b20-16-. The summed E-state index contributed by atoms with van der Waals surface area (Å²) in [6.45, 7) is 0. The molecule has 0 saturated carbocycles. The normalized spacial score (nSPS) is 12.3. The van der Waals surface area contributed by atoms with E-state index in [-0.39, 0.29) is 25.2 Å². The third kappa shape index (κ3) is 6.98. The van der Waals surface area contributed by atoms with Gasteiger partial charge in [-0.2, -0.15) is 0 Å². The molecule has 7 N–H and O–H groups in total. The van der Waals surface area contributed by atoms with E-state index < -0.39 is 13.1 Å². The molecule has 1 unspecified atom stereocenters. The fraction of sp³-hybridized carbons (Fsp3) is 0.208. The summed E-state index contributed by atoms with van der Waals surface area (Å²) < 4.78 is 5.12. The molecular weight excluding hydrogens is 419 g/mol. The van der Waals surface area contributed by atoms with Gasteiger partial charge in [-0.15, -0.1) is 0 Å². The summed E-state index contributed by atoms with van der Waals surface area (Å²) in [5.41, 5.74) is 8.04. The van der Waals surface area contributed by atoms with Crippen molar-refractivity contribution < 1.29 is 19.6 Å². The van der Waals surface area contributed by atoms with Gasteiger partial charge in [-0.05, 0) is 53.4 Å². The molecule has 0 saturated heterocycles. The zero-order valence-corrected chi connectivity index (χ0v) is 18.5. The zero-order chi connectivity index (χ0) is 23.8. The second kappa shape index (κ2) is 11.4. The highest BCUT2D eigenvalue weighted by molar-refractivity contribution is 6.43. The molecule has 172 valence electrons. The summed E-state index contributed by atoms with van der Waals surface area (Å²) >= 11 is 0. The molecule has 9 heteroatoms. The van der Waals surface area contributed by atoms with Gasteiger partial charge in [-0.1, -0.05) is 42.5 Å². The first-order valence-electron chi connectivity index (χ1n) is 10.6. The Morgan fingerprint density at radius 2 is 1.79 bits per heavy atom. The Balaban J connectivity index is 1.54. The summed E-state index contributed by atoms with van der Waals surface area (Å²) in [4.78, 5) is 12.4. The maximum absolute atomic E-state index is 12.4. The van der Waals surface area contributed by atoms with Crippen molar-refractivity contribution >= 4 is 29.5 Å². The van der Waals surface area contributed by atoms with E-state index in [9.17, 15) is 14.8 Å². The Hall–Kier alpha value is -3.53. The summed E-state index contributed by atoms with van der Waals surface area (Å²) in [6, 6.07) is 20.9. The zero-order valence-electron chi connectivity index (χ0n) is 18.5. The van der Waals surface area contributed by atoms with E-state index in [0.717, 1.165) is 16.3 Å². The van der Waals surface area contributed by atoms with Gasteiger partial charge in [0, 0.05) is 18.3 Å². The number of allylic oxidation sites excluding steroid dienone is 1. The molecule has 0 aliphatic heterocycles. The number of benzene rings is 3. The first-order chi connectivity index (χ1) is 15.9. The number of ether oxygens (including phenoxy) is 1. The number of anilines is 1. The van der Waals surface area contributed by atoms with Gasteiger partial charge in [-0.25, -0.2) is 5.84 Å². The van der Waals surface area contributed by atoms with Crippen LogP contribution in [0.3, 0.4) is 0 Å². The molecule has 0 radical (unpaired) electrons. The molecule has 3 aromatic rings. The first-order valence-corrected chi connectivity index (χ1v) is 10.6. The second-order valence-electron chi connectivity index (χ2n) is 7.78. The predicted molar refractivity (Wildman–Crippen MR) is 131 cm³/mol. The van der Waals surface area contributed by atoms with Gasteiger partial charge < -0.3 is 25.8 Å².